The van der Waals surface area contributed by atoms with Crippen LogP contribution in [0.3, 0.4) is 0 Å². The molecule has 1 aromatic carbocycles. The topological polar surface area (TPSA) is 46.2 Å². The van der Waals surface area contributed by atoms with E-state index < -0.39 is 0 Å². The van der Waals surface area contributed by atoms with Gasteiger partial charge in [0.2, 0.25) is 0 Å². The van der Waals surface area contributed by atoms with Crippen molar-refractivity contribution in [1.29, 1.82) is 0 Å². The molecule has 94 valence electrons. The molecule has 0 amide bonds. The van der Waals surface area contributed by atoms with Crippen LogP contribution >= 0.6 is 15.9 Å². The van der Waals surface area contributed by atoms with Crippen LogP contribution in [-0.4, -0.2) is 11.2 Å². The lowest BCUT2D eigenvalue weighted by molar-refractivity contribution is 0.102. The average molecular weight is 298 g/mol. The lowest BCUT2D eigenvalue weighted by Crippen LogP contribution is -2.28. The summed E-state index contributed by atoms with van der Waals surface area (Å²) in [6, 6.07) is 6.39. The number of nitrogens with two attached hydrogens (primary N) is 1. The molecule has 1 aliphatic carbocycles. The van der Waals surface area contributed by atoms with Crippen LogP contribution in [0.4, 0.5) is 0 Å². The number of rotatable bonds is 2. The Balaban J connectivity index is 2.13. The molecule has 1 fully saturated rings. The third-order valence-corrected chi connectivity index (χ3v) is 4.34. The van der Waals surface area contributed by atoms with Crippen molar-refractivity contribution in [3.8, 4) is 0 Å². The fourth-order valence-electron chi connectivity index (χ4n) is 2.69. The van der Waals surface area contributed by atoms with Gasteiger partial charge in [0.25, 0.3) is 0 Å². The van der Waals surface area contributed by atoms with Crippen molar-refractivity contribution in [2.24, 2.45) is 11.7 Å². The van der Waals surface area contributed by atoms with Gasteiger partial charge in [-0.1, -0.05) is 22.0 Å². The molecule has 0 saturated heterocycles. The highest BCUT2D eigenvalue weighted by Crippen LogP contribution is 2.35. The fraction of sp³-hybridized carbons (Fsp3) is 0.571. The minimum absolute atomic E-state index is 0.0972. The molecule has 3 N–H and O–H groups in total. The molecule has 0 bridgehead atoms. The van der Waals surface area contributed by atoms with Crippen molar-refractivity contribution in [2.45, 2.75) is 44.8 Å². The van der Waals surface area contributed by atoms with Crippen molar-refractivity contribution in [3.05, 3.63) is 33.8 Å². The minimum atomic E-state index is -0.109. The molecule has 2 nitrogen and oxygen atoms in total. The quantitative estimate of drug-likeness (QED) is 0.880. The third-order valence-electron chi connectivity index (χ3n) is 3.85. The second-order valence-corrected chi connectivity index (χ2v) is 6.01. The first-order valence-electron chi connectivity index (χ1n) is 6.27. The van der Waals surface area contributed by atoms with Crippen LogP contribution in [0.25, 0.3) is 0 Å². The van der Waals surface area contributed by atoms with Crippen molar-refractivity contribution in [3.63, 3.8) is 0 Å². The predicted molar refractivity (Wildman–Crippen MR) is 73.8 cm³/mol. The van der Waals surface area contributed by atoms with E-state index in [0.29, 0.717) is 5.92 Å². The maximum atomic E-state index is 9.53. The number of aliphatic hydroxyl groups excluding tert-OH is 1. The predicted octanol–water partition coefficient (Wildman–Crippen LogP) is 3.31. The zero-order valence-corrected chi connectivity index (χ0v) is 11.8. The van der Waals surface area contributed by atoms with Crippen LogP contribution in [0.1, 0.15) is 42.9 Å². The van der Waals surface area contributed by atoms with Gasteiger partial charge in [-0.15, -0.1) is 0 Å². The lowest BCUT2D eigenvalue weighted by atomic mass is 9.79. The fourth-order valence-corrected chi connectivity index (χ4v) is 3.06. The molecule has 1 unspecified atom stereocenters. The molecule has 1 atom stereocenters. The van der Waals surface area contributed by atoms with Gasteiger partial charge in [-0.3, -0.25) is 0 Å². The molecular formula is C14H20BrNO. The molecule has 1 saturated carbocycles. The molecule has 0 radical (unpaired) electrons. The Labute approximate surface area is 111 Å². The number of aryl methyl sites for hydroxylation is 1. The third kappa shape index (κ3) is 3.09. The Morgan fingerprint density at radius 2 is 1.94 bits per heavy atom. The van der Waals surface area contributed by atoms with Gasteiger partial charge in [0.1, 0.15) is 0 Å². The molecule has 2 rings (SSSR count). The molecule has 3 heteroatoms. The first kappa shape index (κ1) is 13.1. The summed E-state index contributed by atoms with van der Waals surface area (Å²) in [6.45, 7) is 2.11. The van der Waals surface area contributed by atoms with E-state index in [2.05, 4.69) is 41.1 Å². The molecule has 0 spiro atoms. The largest absolute Gasteiger partial charge is 0.393 e. The van der Waals surface area contributed by atoms with Crippen LogP contribution in [-0.2, 0) is 0 Å². The molecular weight excluding hydrogens is 278 g/mol. The van der Waals surface area contributed by atoms with Crippen molar-refractivity contribution < 1.29 is 5.11 Å². The van der Waals surface area contributed by atoms with E-state index in [-0.39, 0.29) is 12.1 Å². The zero-order valence-electron chi connectivity index (χ0n) is 10.2. The summed E-state index contributed by atoms with van der Waals surface area (Å²) in [5, 5.41) is 9.53. The van der Waals surface area contributed by atoms with Crippen LogP contribution in [0, 0.1) is 12.8 Å². The van der Waals surface area contributed by atoms with E-state index in [1.807, 2.05) is 0 Å². The van der Waals surface area contributed by atoms with Crippen LogP contribution in [0.2, 0.25) is 0 Å². The van der Waals surface area contributed by atoms with Gasteiger partial charge < -0.3 is 10.8 Å². The van der Waals surface area contributed by atoms with Gasteiger partial charge >= 0.3 is 0 Å². The van der Waals surface area contributed by atoms with Gasteiger partial charge in [-0.25, -0.2) is 0 Å². The highest BCUT2D eigenvalue weighted by atomic mass is 79.9. The van der Waals surface area contributed by atoms with E-state index >= 15 is 0 Å². The van der Waals surface area contributed by atoms with Crippen molar-refractivity contribution >= 4 is 15.9 Å². The van der Waals surface area contributed by atoms with Crippen molar-refractivity contribution in [1.82, 2.24) is 0 Å². The van der Waals surface area contributed by atoms with Gasteiger partial charge in [0.05, 0.1) is 6.10 Å². The van der Waals surface area contributed by atoms with Crippen molar-refractivity contribution in [2.75, 3.05) is 0 Å². The summed E-state index contributed by atoms with van der Waals surface area (Å²) in [5.74, 6) is 0.506. The summed E-state index contributed by atoms with van der Waals surface area (Å²) < 4.78 is 1.09. The molecule has 0 aliphatic heterocycles. The Kier molecular flexibility index (Phi) is 4.23. The number of hydrogen-bond donors (Lipinski definition) is 2. The Hall–Kier alpha value is -0.380. The molecule has 1 aromatic rings. The first-order chi connectivity index (χ1) is 8.08. The number of hydrogen-bond acceptors (Lipinski definition) is 2. The maximum absolute atomic E-state index is 9.53. The van der Waals surface area contributed by atoms with Crippen LogP contribution < -0.4 is 5.73 Å². The second kappa shape index (κ2) is 5.51. The van der Waals surface area contributed by atoms with Crippen LogP contribution in [0.15, 0.2) is 22.7 Å². The Morgan fingerprint density at radius 1 is 1.29 bits per heavy atom. The van der Waals surface area contributed by atoms with Gasteiger partial charge in [-0.05, 0) is 61.8 Å². The summed E-state index contributed by atoms with van der Waals surface area (Å²) in [5.41, 5.74) is 8.88. The monoisotopic (exact) mass is 297 g/mol. The van der Waals surface area contributed by atoms with Gasteiger partial charge in [0.15, 0.2) is 0 Å². The summed E-state index contributed by atoms with van der Waals surface area (Å²) in [4.78, 5) is 0. The minimum Gasteiger partial charge on any atom is -0.393 e. The molecule has 0 aromatic heterocycles. The van der Waals surface area contributed by atoms with Gasteiger partial charge in [-0.2, -0.15) is 0 Å². The lowest BCUT2D eigenvalue weighted by Gasteiger charge is -2.31. The number of halogens is 1. The van der Waals surface area contributed by atoms with E-state index in [4.69, 9.17) is 5.73 Å². The van der Waals surface area contributed by atoms with E-state index in [1.165, 1.54) is 11.1 Å². The van der Waals surface area contributed by atoms with E-state index in [9.17, 15) is 5.11 Å². The maximum Gasteiger partial charge on any atom is 0.0540 e. The molecule has 17 heavy (non-hydrogen) atoms. The molecule has 0 heterocycles. The smallest absolute Gasteiger partial charge is 0.0540 e. The number of benzene rings is 1. The van der Waals surface area contributed by atoms with E-state index in [0.717, 1.165) is 30.2 Å². The highest BCUT2D eigenvalue weighted by molar-refractivity contribution is 9.10. The Morgan fingerprint density at radius 3 is 2.59 bits per heavy atom. The van der Waals surface area contributed by atoms with Gasteiger partial charge in [0, 0.05) is 10.5 Å². The zero-order chi connectivity index (χ0) is 12.4. The summed E-state index contributed by atoms with van der Waals surface area (Å²) in [6.07, 6.45) is 3.75. The van der Waals surface area contributed by atoms with E-state index in [1.54, 1.807) is 0 Å². The second-order valence-electron chi connectivity index (χ2n) is 5.10. The first-order valence-corrected chi connectivity index (χ1v) is 7.07. The summed E-state index contributed by atoms with van der Waals surface area (Å²) >= 11 is 3.50. The highest BCUT2D eigenvalue weighted by Gasteiger charge is 2.26. The molecule has 1 aliphatic rings. The van der Waals surface area contributed by atoms with Crippen LogP contribution in [0.5, 0.6) is 0 Å². The standard InChI is InChI=1S/C14H20BrNO/c1-9-2-5-11(15)8-13(9)14(16)10-3-6-12(17)7-4-10/h2,5,8,10,12,14,17H,3-4,6-7,16H2,1H3. The number of aliphatic hydroxyl groups is 1. The Bertz CT molecular complexity index is 386. The summed E-state index contributed by atoms with van der Waals surface area (Å²) in [7, 11) is 0. The average Bonchev–Trinajstić information content (AvgIpc) is 2.32. The SMILES string of the molecule is Cc1ccc(Br)cc1C(N)C1CCC(O)CC1. The normalized spacial score (nSPS) is 26.8.